The summed E-state index contributed by atoms with van der Waals surface area (Å²) in [4.78, 5) is 25.7. The molecule has 0 fully saturated rings. The number of rotatable bonds is 4. The lowest BCUT2D eigenvalue weighted by atomic mass is 10.0. The zero-order valence-electron chi connectivity index (χ0n) is 15.2. The first-order chi connectivity index (χ1) is 13.6. The lowest BCUT2D eigenvalue weighted by Crippen LogP contribution is -2.00. The minimum atomic E-state index is -0.334. The molecule has 4 aromatic rings. The van der Waals surface area contributed by atoms with Gasteiger partial charge in [-0.05, 0) is 56.9 Å². The van der Waals surface area contributed by atoms with Crippen molar-refractivity contribution < 1.29 is 19.1 Å². The Kier molecular flexibility index (Phi) is 4.98. The lowest BCUT2D eigenvalue weighted by Gasteiger charge is -2.07. The average Bonchev–Trinajstić information content (AvgIpc) is 3.41. The number of carbonyl (C=O) groups is 2. The predicted octanol–water partition coefficient (Wildman–Crippen LogP) is 5.87. The quantitative estimate of drug-likeness (QED) is 0.396. The van der Waals surface area contributed by atoms with Crippen molar-refractivity contribution >= 4 is 45.4 Å². The Balaban J connectivity index is 1.75. The molecule has 0 atom stereocenters. The van der Waals surface area contributed by atoms with Gasteiger partial charge in [-0.25, -0.2) is 9.59 Å². The van der Waals surface area contributed by atoms with E-state index in [9.17, 15) is 9.59 Å². The molecule has 0 aliphatic heterocycles. The molecule has 2 aromatic carbocycles. The van der Waals surface area contributed by atoms with Gasteiger partial charge in [-0.2, -0.15) is 0 Å². The van der Waals surface area contributed by atoms with Crippen molar-refractivity contribution in [2.45, 2.75) is 0 Å². The molecule has 0 bridgehead atoms. The Hall–Kier alpha value is -2.96. The van der Waals surface area contributed by atoms with Crippen LogP contribution in [0.25, 0.3) is 31.7 Å². The van der Waals surface area contributed by atoms with Gasteiger partial charge in [0.2, 0.25) is 0 Å². The maximum Gasteiger partial charge on any atom is 0.339 e. The molecule has 140 valence electrons. The van der Waals surface area contributed by atoms with E-state index < -0.39 is 0 Å². The molecule has 0 aliphatic carbocycles. The van der Waals surface area contributed by atoms with Crippen LogP contribution in [-0.2, 0) is 9.47 Å². The van der Waals surface area contributed by atoms with Crippen molar-refractivity contribution in [1.29, 1.82) is 0 Å². The summed E-state index contributed by atoms with van der Waals surface area (Å²) in [6.45, 7) is 0. The summed E-state index contributed by atoms with van der Waals surface area (Å²) in [5, 5.41) is 5.89. The van der Waals surface area contributed by atoms with E-state index in [-0.39, 0.29) is 11.9 Å². The van der Waals surface area contributed by atoms with Crippen molar-refractivity contribution in [3.05, 3.63) is 70.4 Å². The monoisotopic (exact) mass is 408 g/mol. The third kappa shape index (κ3) is 3.21. The molecule has 4 rings (SSSR count). The van der Waals surface area contributed by atoms with Crippen LogP contribution in [0.5, 0.6) is 0 Å². The van der Waals surface area contributed by atoms with E-state index in [1.54, 1.807) is 12.1 Å². The molecule has 0 saturated heterocycles. The van der Waals surface area contributed by atoms with Gasteiger partial charge in [0, 0.05) is 9.75 Å². The van der Waals surface area contributed by atoms with Gasteiger partial charge >= 0.3 is 11.9 Å². The summed E-state index contributed by atoms with van der Waals surface area (Å²) in [6, 6.07) is 15.7. The van der Waals surface area contributed by atoms with Crippen molar-refractivity contribution in [3.8, 4) is 20.9 Å². The molecule has 0 spiro atoms. The topological polar surface area (TPSA) is 52.6 Å². The molecule has 0 amide bonds. The molecule has 0 radical (unpaired) electrons. The highest BCUT2D eigenvalue weighted by Gasteiger charge is 2.17. The lowest BCUT2D eigenvalue weighted by molar-refractivity contribution is 0.0593. The maximum atomic E-state index is 12.0. The number of hydrogen-bond donors (Lipinski definition) is 0. The highest BCUT2D eigenvalue weighted by atomic mass is 32.1. The highest BCUT2D eigenvalue weighted by Crippen LogP contribution is 2.35. The summed E-state index contributed by atoms with van der Waals surface area (Å²) in [5.74, 6) is -0.667. The van der Waals surface area contributed by atoms with Gasteiger partial charge < -0.3 is 9.47 Å². The van der Waals surface area contributed by atoms with Crippen LogP contribution in [0.15, 0.2) is 59.3 Å². The van der Waals surface area contributed by atoms with Crippen LogP contribution >= 0.6 is 22.7 Å². The number of fused-ring (bicyclic) bond motifs is 1. The SMILES string of the molecule is COC(=O)c1ccsc1-c1ccc2cc(-c3sccc3C(=O)OC)ccc2c1. The third-order valence-electron chi connectivity index (χ3n) is 4.51. The Morgan fingerprint density at radius 1 is 0.679 bits per heavy atom. The van der Waals surface area contributed by atoms with Gasteiger partial charge in [-0.1, -0.05) is 24.3 Å². The summed E-state index contributed by atoms with van der Waals surface area (Å²) < 4.78 is 9.74. The summed E-state index contributed by atoms with van der Waals surface area (Å²) in [6.07, 6.45) is 0. The molecule has 28 heavy (non-hydrogen) atoms. The smallest absolute Gasteiger partial charge is 0.339 e. The van der Waals surface area contributed by atoms with Crippen LogP contribution in [0.4, 0.5) is 0 Å². The highest BCUT2D eigenvalue weighted by molar-refractivity contribution is 7.14. The van der Waals surface area contributed by atoms with Crippen LogP contribution in [0.1, 0.15) is 20.7 Å². The van der Waals surface area contributed by atoms with Crippen molar-refractivity contribution in [2.75, 3.05) is 14.2 Å². The zero-order valence-corrected chi connectivity index (χ0v) is 16.9. The molecule has 6 heteroatoms. The molecular formula is C22H16O4S2. The second-order valence-electron chi connectivity index (χ2n) is 6.09. The van der Waals surface area contributed by atoms with Gasteiger partial charge in [0.15, 0.2) is 0 Å². The largest absolute Gasteiger partial charge is 0.465 e. The van der Waals surface area contributed by atoms with Crippen LogP contribution in [0.2, 0.25) is 0 Å². The first-order valence-corrected chi connectivity index (χ1v) is 10.2. The summed E-state index contributed by atoms with van der Waals surface area (Å²) in [5.41, 5.74) is 3.10. The third-order valence-corrected chi connectivity index (χ3v) is 6.43. The van der Waals surface area contributed by atoms with Crippen LogP contribution in [-0.4, -0.2) is 26.2 Å². The van der Waals surface area contributed by atoms with Gasteiger partial charge in [0.05, 0.1) is 25.3 Å². The van der Waals surface area contributed by atoms with E-state index >= 15 is 0 Å². The molecule has 0 aliphatic rings. The standard InChI is InChI=1S/C22H16O4S2/c1-25-21(23)17-7-9-27-19(17)15-5-3-14-12-16(6-4-13(14)11-15)20-18(8-10-28-20)22(24)26-2/h3-12H,1-2H3. The number of methoxy groups -OCH3 is 2. The Morgan fingerprint density at radius 3 is 1.50 bits per heavy atom. The van der Waals surface area contributed by atoms with Gasteiger partial charge in [-0.3, -0.25) is 0 Å². The molecule has 0 unspecified atom stereocenters. The second kappa shape index (κ2) is 7.58. The molecule has 0 N–H and O–H groups in total. The number of hydrogen-bond acceptors (Lipinski definition) is 6. The molecular weight excluding hydrogens is 392 g/mol. The van der Waals surface area contributed by atoms with Crippen molar-refractivity contribution in [1.82, 2.24) is 0 Å². The average molecular weight is 409 g/mol. The second-order valence-corrected chi connectivity index (χ2v) is 7.92. The van der Waals surface area contributed by atoms with Crippen LogP contribution in [0.3, 0.4) is 0 Å². The summed E-state index contributed by atoms with van der Waals surface area (Å²) >= 11 is 3.03. The van der Waals surface area contributed by atoms with E-state index in [2.05, 4.69) is 12.1 Å². The first kappa shape index (κ1) is 18.4. The number of esters is 2. The zero-order chi connectivity index (χ0) is 19.7. The van der Waals surface area contributed by atoms with Gasteiger partial charge in [0.25, 0.3) is 0 Å². The number of ether oxygens (including phenoxy) is 2. The van der Waals surface area contributed by atoms with E-state index in [0.717, 1.165) is 31.7 Å². The van der Waals surface area contributed by atoms with Crippen LogP contribution < -0.4 is 0 Å². The van der Waals surface area contributed by atoms with Crippen molar-refractivity contribution in [2.24, 2.45) is 0 Å². The number of thiophene rings is 2. The Morgan fingerprint density at radius 2 is 1.11 bits per heavy atom. The van der Waals surface area contributed by atoms with E-state index in [0.29, 0.717) is 11.1 Å². The first-order valence-electron chi connectivity index (χ1n) is 8.48. The van der Waals surface area contributed by atoms with E-state index in [4.69, 9.17) is 9.47 Å². The van der Waals surface area contributed by atoms with E-state index in [1.807, 2.05) is 35.0 Å². The number of benzene rings is 2. The van der Waals surface area contributed by atoms with Crippen molar-refractivity contribution in [3.63, 3.8) is 0 Å². The Labute approximate surface area is 170 Å². The fourth-order valence-corrected chi connectivity index (χ4v) is 4.90. The molecule has 2 heterocycles. The minimum Gasteiger partial charge on any atom is -0.465 e. The maximum absolute atomic E-state index is 12.0. The fraction of sp³-hybridized carbons (Fsp3) is 0.0909. The predicted molar refractivity (Wildman–Crippen MR) is 113 cm³/mol. The van der Waals surface area contributed by atoms with Crippen LogP contribution in [0, 0.1) is 0 Å². The van der Waals surface area contributed by atoms with Gasteiger partial charge in [-0.15, -0.1) is 22.7 Å². The van der Waals surface area contributed by atoms with E-state index in [1.165, 1.54) is 36.9 Å². The Bertz CT molecular complexity index is 1090. The number of carbonyl (C=O) groups excluding carboxylic acids is 2. The van der Waals surface area contributed by atoms with Gasteiger partial charge in [0.1, 0.15) is 0 Å². The minimum absolute atomic E-state index is 0.334. The summed E-state index contributed by atoms with van der Waals surface area (Å²) in [7, 11) is 2.78. The normalized spacial score (nSPS) is 10.8. The fourth-order valence-electron chi connectivity index (χ4n) is 3.14. The molecule has 2 aromatic heterocycles. The molecule has 0 saturated carbocycles. The molecule has 4 nitrogen and oxygen atoms in total.